The molecule has 0 spiro atoms. The molecule has 1 fully saturated rings. The van der Waals surface area contributed by atoms with Crippen LogP contribution in [0.4, 0.5) is 0 Å². The van der Waals surface area contributed by atoms with Crippen molar-refractivity contribution in [2.45, 2.75) is 12.8 Å². The summed E-state index contributed by atoms with van der Waals surface area (Å²) in [5.74, 6) is 1.87. The van der Waals surface area contributed by atoms with Gasteiger partial charge in [0.15, 0.2) is 0 Å². The number of methoxy groups -OCH3 is 2. The molecule has 0 bridgehead atoms. The minimum absolute atomic E-state index is 0.113. The number of amides is 1. The van der Waals surface area contributed by atoms with Gasteiger partial charge in [0.2, 0.25) is 5.91 Å². The van der Waals surface area contributed by atoms with Gasteiger partial charge in [0.25, 0.3) is 0 Å². The van der Waals surface area contributed by atoms with Crippen molar-refractivity contribution in [3.05, 3.63) is 23.8 Å². The lowest BCUT2D eigenvalue weighted by Gasteiger charge is -2.12. The zero-order valence-electron chi connectivity index (χ0n) is 12.1. The molecule has 5 nitrogen and oxygen atoms in total. The van der Waals surface area contributed by atoms with Gasteiger partial charge in [0.05, 0.1) is 20.1 Å². The summed E-state index contributed by atoms with van der Waals surface area (Å²) in [6, 6.07) is 5.70. The van der Waals surface area contributed by atoms with Crippen LogP contribution in [0.25, 0.3) is 0 Å². The number of rotatable bonds is 6. The van der Waals surface area contributed by atoms with E-state index in [0.29, 0.717) is 6.54 Å². The van der Waals surface area contributed by atoms with E-state index < -0.39 is 0 Å². The number of nitrogens with one attached hydrogen (secondary N) is 2. The number of ether oxygens (including phenoxy) is 2. The predicted molar refractivity (Wildman–Crippen MR) is 77.2 cm³/mol. The minimum Gasteiger partial charge on any atom is -0.497 e. The first kappa shape index (κ1) is 14.7. The fourth-order valence-electron chi connectivity index (χ4n) is 2.42. The van der Waals surface area contributed by atoms with E-state index in [4.69, 9.17) is 9.47 Å². The molecule has 0 aliphatic carbocycles. The van der Waals surface area contributed by atoms with Crippen LogP contribution in [0.1, 0.15) is 12.0 Å². The van der Waals surface area contributed by atoms with Crippen LogP contribution < -0.4 is 20.1 Å². The second-order valence-electron chi connectivity index (χ2n) is 4.91. The maximum atomic E-state index is 11.9. The highest BCUT2D eigenvalue weighted by molar-refractivity contribution is 5.79. The Hall–Kier alpha value is -1.75. The molecule has 2 rings (SSSR count). The van der Waals surface area contributed by atoms with Crippen molar-refractivity contribution in [2.24, 2.45) is 5.92 Å². The predicted octanol–water partition coefficient (Wildman–Crippen LogP) is 0.972. The van der Waals surface area contributed by atoms with Gasteiger partial charge in [0, 0.05) is 13.1 Å². The quantitative estimate of drug-likeness (QED) is 0.814. The summed E-state index contributed by atoms with van der Waals surface area (Å²) >= 11 is 0. The number of benzene rings is 1. The molecule has 1 atom stereocenters. The Morgan fingerprint density at radius 3 is 2.90 bits per heavy atom. The van der Waals surface area contributed by atoms with Gasteiger partial charge < -0.3 is 20.1 Å². The molecule has 0 saturated carbocycles. The Balaban J connectivity index is 1.87. The molecular weight excluding hydrogens is 256 g/mol. The van der Waals surface area contributed by atoms with Crippen LogP contribution >= 0.6 is 0 Å². The van der Waals surface area contributed by atoms with Crippen molar-refractivity contribution in [3.8, 4) is 11.5 Å². The van der Waals surface area contributed by atoms with E-state index in [0.717, 1.165) is 43.0 Å². The number of hydrogen-bond acceptors (Lipinski definition) is 4. The fourth-order valence-corrected chi connectivity index (χ4v) is 2.42. The maximum absolute atomic E-state index is 11.9. The van der Waals surface area contributed by atoms with E-state index in [1.165, 1.54) is 0 Å². The van der Waals surface area contributed by atoms with Crippen molar-refractivity contribution < 1.29 is 14.3 Å². The highest BCUT2D eigenvalue weighted by atomic mass is 16.5. The lowest BCUT2D eigenvalue weighted by atomic mass is 10.1. The van der Waals surface area contributed by atoms with Crippen LogP contribution in [0, 0.1) is 5.92 Å². The van der Waals surface area contributed by atoms with Crippen LogP contribution in [0.3, 0.4) is 0 Å². The third-order valence-electron chi connectivity index (χ3n) is 3.61. The summed E-state index contributed by atoms with van der Waals surface area (Å²) in [6.45, 7) is 2.33. The van der Waals surface area contributed by atoms with Crippen molar-refractivity contribution in [1.82, 2.24) is 10.6 Å². The topological polar surface area (TPSA) is 59.6 Å². The first-order valence-corrected chi connectivity index (χ1v) is 6.94. The summed E-state index contributed by atoms with van der Waals surface area (Å²) < 4.78 is 10.5. The highest BCUT2D eigenvalue weighted by Crippen LogP contribution is 2.24. The molecule has 110 valence electrons. The van der Waals surface area contributed by atoms with Crippen LogP contribution in [0.15, 0.2) is 18.2 Å². The Bertz CT molecular complexity index is 456. The molecular formula is C15H22N2O3. The molecule has 1 aromatic carbocycles. The normalized spacial score (nSPS) is 17.8. The van der Waals surface area contributed by atoms with E-state index in [9.17, 15) is 4.79 Å². The zero-order valence-corrected chi connectivity index (χ0v) is 12.1. The second kappa shape index (κ2) is 7.14. The fraction of sp³-hybridized carbons (Fsp3) is 0.533. The van der Waals surface area contributed by atoms with Crippen LogP contribution in [0.5, 0.6) is 11.5 Å². The average Bonchev–Trinajstić information content (AvgIpc) is 3.01. The highest BCUT2D eigenvalue weighted by Gasteiger charge is 2.21. The van der Waals surface area contributed by atoms with E-state index in [2.05, 4.69) is 10.6 Å². The van der Waals surface area contributed by atoms with Gasteiger partial charge >= 0.3 is 0 Å². The van der Waals surface area contributed by atoms with Crippen LogP contribution in [0.2, 0.25) is 0 Å². The van der Waals surface area contributed by atoms with Crippen LogP contribution in [-0.4, -0.2) is 39.8 Å². The standard InChI is InChI=1S/C15H22N2O3/c1-19-13-3-4-14(20-2)11(9-13)6-8-17-15(18)12-5-7-16-10-12/h3-4,9,12,16H,5-8,10H2,1-2H3,(H,17,18). The van der Waals surface area contributed by atoms with Crippen molar-refractivity contribution in [3.63, 3.8) is 0 Å². The Kier molecular flexibility index (Phi) is 5.24. The SMILES string of the molecule is COc1ccc(OC)c(CCNC(=O)C2CCNC2)c1. The van der Waals surface area contributed by atoms with Gasteiger partial charge in [-0.3, -0.25) is 4.79 Å². The van der Waals surface area contributed by atoms with E-state index in [1.54, 1.807) is 14.2 Å². The Morgan fingerprint density at radius 2 is 2.25 bits per heavy atom. The first-order chi connectivity index (χ1) is 9.74. The van der Waals surface area contributed by atoms with Crippen molar-refractivity contribution in [1.29, 1.82) is 0 Å². The summed E-state index contributed by atoms with van der Waals surface area (Å²) in [6.07, 6.45) is 1.65. The zero-order chi connectivity index (χ0) is 14.4. The van der Waals surface area contributed by atoms with Gasteiger partial charge in [-0.15, -0.1) is 0 Å². The van der Waals surface area contributed by atoms with Gasteiger partial charge in [-0.1, -0.05) is 0 Å². The molecule has 20 heavy (non-hydrogen) atoms. The maximum Gasteiger partial charge on any atom is 0.224 e. The number of carbonyl (C=O) groups is 1. The van der Waals surface area contributed by atoms with E-state index in [-0.39, 0.29) is 11.8 Å². The molecule has 2 N–H and O–H groups in total. The van der Waals surface area contributed by atoms with Gasteiger partial charge in [-0.25, -0.2) is 0 Å². The molecule has 1 aliphatic heterocycles. The van der Waals surface area contributed by atoms with Crippen molar-refractivity contribution >= 4 is 5.91 Å². The summed E-state index contributed by atoms with van der Waals surface area (Å²) in [4.78, 5) is 11.9. The van der Waals surface area contributed by atoms with Gasteiger partial charge in [-0.05, 0) is 43.1 Å². The smallest absolute Gasteiger partial charge is 0.224 e. The molecule has 0 aromatic heterocycles. The molecule has 1 aliphatic rings. The molecule has 5 heteroatoms. The first-order valence-electron chi connectivity index (χ1n) is 6.94. The third kappa shape index (κ3) is 3.63. The number of hydrogen-bond donors (Lipinski definition) is 2. The third-order valence-corrected chi connectivity index (χ3v) is 3.61. The molecule has 1 unspecified atom stereocenters. The summed E-state index contributed by atoms with van der Waals surface area (Å²) in [7, 11) is 3.29. The molecule has 1 saturated heterocycles. The minimum atomic E-state index is 0.113. The monoisotopic (exact) mass is 278 g/mol. The average molecular weight is 278 g/mol. The van der Waals surface area contributed by atoms with Gasteiger partial charge in [-0.2, -0.15) is 0 Å². The largest absolute Gasteiger partial charge is 0.497 e. The van der Waals surface area contributed by atoms with Crippen LogP contribution in [-0.2, 0) is 11.2 Å². The molecule has 1 amide bonds. The number of carbonyl (C=O) groups excluding carboxylic acids is 1. The van der Waals surface area contributed by atoms with Gasteiger partial charge in [0.1, 0.15) is 11.5 Å². The molecule has 0 radical (unpaired) electrons. The summed E-state index contributed by atoms with van der Waals surface area (Å²) in [5, 5.41) is 6.18. The van der Waals surface area contributed by atoms with E-state index in [1.807, 2.05) is 18.2 Å². The second-order valence-corrected chi connectivity index (χ2v) is 4.91. The van der Waals surface area contributed by atoms with E-state index >= 15 is 0 Å². The summed E-state index contributed by atoms with van der Waals surface area (Å²) in [5.41, 5.74) is 1.04. The van der Waals surface area contributed by atoms with Crippen molar-refractivity contribution in [2.75, 3.05) is 33.9 Å². The Labute approximate surface area is 119 Å². The lowest BCUT2D eigenvalue weighted by Crippen LogP contribution is -2.33. The lowest BCUT2D eigenvalue weighted by molar-refractivity contribution is -0.124. The Morgan fingerprint density at radius 1 is 1.40 bits per heavy atom. The molecule has 1 aromatic rings. The molecule has 1 heterocycles.